The van der Waals surface area contributed by atoms with Crippen molar-refractivity contribution in [2.45, 2.75) is 26.7 Å². The average Bonchev–Trinajstić information content (AvgIpc) is 1.86. The van der Waals surface area contributed by atoms with E-state index in [2.05, 4.69) is 11.7 Å². The molecule has 0 aromatic heterocycles. The van der Waals surface area contributed by atoms with Gasteiger partial charge in [0.2, 0.25) is 0 Å². The highest BCUT2D eigenvalue weighted by Crippen LogP contribution is 1.86. The molecule has 1 unspecified atom stereocenters. The fraction of sp³-hybridized carbons (Fsp3) is 0.833. The fourth-order valence-electron chi connectivity index (χ4n) is 0.360. The van der Waals surface area contributed by atoms with Crippen LogP contribution >= 0.6 is 0 Å². The Balaban J connectivity index is 0. The molecule has 0 aliphatic rings. The van der Waals surface area contributed by atoms with Gasteiger partial charge in [-0.2, -0.15) is 0 Å². The Kier molecular flexibility index (Phi) is 12.4. The summed E-state index contributed by atoms with van der Waals surface area (Å²) in [5.74, 6) is -0.182. The third-order valence-corrected chi connectivity index (χ3v) is 0.803. The first-order valence-electron chi connectivity index (χ1n) is 3.42. The quantitative estimate of drug-likeness (QED) is 0.408. The maximum atomic E-state index is 10.1. The second-order valence-electron chi connectivity index (χ2n) is 1.91. The maximum Gasteiger partial charge on any atom is 0.302 e. The summed E-state index contributed by atoms with van der Waals surface area (Å²) in [5, 5.41) is 0. The van der Waals surface area contributed by atoms with Gasteiger partial charge in [0, 0.05) is 6.92 Å². The van der Waals surface area contributed by atoms with E-state index >= 15 is 0 Å². The van der Waals surface area contributed by atoms with E-state index in [1.54, 1.807) is 0 Å². The Morgan fingerprint density at radius 1 is 1.67 bits per heavy atom. The zero-order chi connectivity index (χ0) is 9.98. The van der Waals surface area contributed by atoms with Gasteiger partial charge in [-0.1, -0.05) is 13.3 Å². The van der Waals surface area contributed by atoms with Crippen LogP contribution in [0.25, 0.3) is 0 Å². The Labute approximate surface area is 74.2 Å². The molecule has 0 rings (SSSR count). The molecule has 5 nitrogen and oxygen atoms in total. The van der Waals surface area contributed by atoms with E-state index in [1.165, 1.54) is 6.92 Å². The molecule has 12 heavy (non-hydrogen) atoms. The van der Waals surface area contributed by atoms with Crippen molar-refractivity contribution < 1.29 is 22.8 Å². The molecule has 0 saturated heterocycles. The fourth-order valence-corrected chi connectivity index (χ4v) is 0.360. The van der Waals surface area contributed by atoms with E-state index in [4.69, 9.17) is 13.3 Å². The van der Waals surface area contributed by atoms with Crippen LogP contribution < -0.4 is 0 Å². The predicted molar refractivity (Wildman–Crippen MR) is 43.1 cm³/mol. The van der Waals surface area contributed by atoms with Crippen molar-refractivity contribution in [3.05, 3.63) is 0 Å². The highest BCUT2D eigenvalue weighted by molar-refractivity contribution is 7.73. The van der Waals surface area contributed by atoms with Crippen LogP contribution in [-0.2, 0) is 20.9 Å². The third-order valence-electron chi connectivity index (χ3n) is 0.803. The van der Waals surface area contributed by atoms with Gasteiger partial charge >= 0.3 is 5.97 Å². The lowest BCUT2D eigenvalue weighted by molar-refractivity contribution is -0.141. The van der Waals surface area contributed by atoms with Crippen molar-refractivity contribution in [3.63, 3.8) is 0 Å². The summed E-state index contributed by atoms with van der Waals surface area (Å²) < 4.78 is 28.7. The first kappa shape index (κ1) is 14.1. The first-order chi connectivity index (χ1) is 5.50. The van der Waals surface area contributed by atoms with Crippen LogP contribution in [0.15, 0.2) is 0 Å². The van der Waals surface area contributed by atoms with E-state index in [-0.39, 0.29) is 5.97 Å². The molecule has 0 aromatic rings. The molecule has 0 radical (unpaired) electrons. The molecular weight excluding hydrogens is 184 g/mol. The number of carbonyl (C=O) groups is 1. The van der Waals surface area contributed by atoms with Crippen LogP contribution in [0, 0.1) is 0 Å². The molecule has 0 aliphatic carbocycles. The molecule has 0 spiro atoms. The molecule has 0 bridgehead atoms. The highest BCUT2D eigenvalue weighted by atomic mass is 32.2. The number of hydrogen-bond donors (Lipinski definition) is 1. The summed E-state index contributed by atoms with van der Waals surface area (Å²) in [6.07, 6.45) is 2.05. The van der Waals surface area contributed by atoms with Gasteiger partial charge in [0.1, 0.15) is 0 Å². The largest absolute Gasteiger partial charge is 0.750 e. The summed E-state index contributed by atoms with van der Waals surface area (Å²) in [5.41, 5.74) is 0. The summed E-state index contributed by atoms with van der Waals surface area (Å²) in [7, 11) is 0. The van der Waals surface area contributed by atoms with Crippen LogP contribution in [0.2, 0.25) is 0 Å². The lowest BCUT2D eigenvalue weighted by Crippen LogP contribution is -1.99. The van der Waals surface area contributed by atoms with Crippen LogP contribution in [0.1, 0.15) is 26.7 Å². The van der Waals surface area contributed by atoms with E-state index < -0.39 is 11.4 Å². The zero-order valence-electron chi connectivity index (χ0n) is 7.11. The number of ether oxygens (including phenoxy) is 1. The second-order valence-corrected chi connectivity index (χ2v) is 2.34. The number of carbonyl (C=O) groups excluding carboxylic acids is 1. The van der Waals surface area contributed by atoms with Crippen LogP contribution in [0.5, 0.6) is 0 Å². The molecule has 1 N–H and O–H groups in total. The van der Waals surface area contributed by atoms with Crippen molar-refractivity contribution >= 4 is 17.3 Å². The minimum absolute atomic E-state index is 0.182. The van der Waals surface area contributed by atoms with Crippen molar-refractivity contribution in [1.82, 2.24) is 0 Å². The van der Waals surface area contributed by atoms with Crippen molar-refractivity contribution in [1.29, 1.82) is 0 Å². The highest BCUT2D eigenvalue weighted by Gasteiger charge is 1.88. The van der Waals surface area contributed by atoms with E-state index in [1.807, 2.05) is 0 Å². The molecule has 0 aliphatic heterocycles. The SMILES string of the molecule is CCCCOC(C)=O.O=S([O-])O. The summed E-state index contributed by atoms with van der Waals surface area (Å²) in [4.78, 5) is 10.1. The normalized spacial score (nSPS) is 11.0. The number of hydrogen-bond acceptors (Lipinski definition) is 4. The van der Waals surface area contributed by atoms with Crippen molar-refractivity contribution in [2.24, 2.45) is 0 Å². The first-order valence-corrected chi connectivity index (χ1v) is 4.45. The van der Waals surface area contributed by atoms with Crippen molar-refractivity contribution in [2.75, 3.05) is 6.61 Å². The van der Waals surface area contributed by atoms with E-state index in [0.717, 1.165) is 12.8 Å². The number of esters is 1. The van der Waals surface area contributed by atoms with Crippen LogP contribution in [0.4, 0.5) is 0 Å². The molecule has 0 heterocycles. The number of unbranched alkanes of at least 4 members (excludes halogenated alkanes) is 1. The van der Waals surface area contributed by atoms with Gasteiger partial charge in [-0.15, -0.1) is 0 Å². The molecule has 0 fully saturated rings. The van der Waals surface area contributed by atoms with Gasteiger partial charge in [-0.3, -0.25) is 4.79 Å². The van der Waals surface area contributed by atoms with E-state index in [0.29, 0.717) is 6.61 Å². The second kappa shape index (κ2) is 10.5. The topological polar surface area (TPSA) is 86.7 Å². The standard InChI is InChI=1S/C6H12O2.H2O3S/c1-3-4-5-8-6(2)7;1-4(2)3/h3-5H2,1-2H3;(H2,1,2,3)/p-1. The molecule has 1 atom stereocenters. The summed E-state index contributed by atoms with van der Waals surface area (Å²) >= 11 is -2.86. The smallest absolute Gasteiger partial charge is 0.302 e. The molecule has 6 heteroatoms. The lowest BCUT2D eigenvalue weighted by atomic mass is 10.4. The van der Waals surface area contributed by atoms with Gasteiger partial charge in [-0.05, 0) is 6.42 Å². The van der Waals surface area contributed by atoms with E-state index in [9.17, 15) is 4.79 Å². The van der Waals surface area contributed by atoms with Gasteiger partial charge in [0.05, 0.1) is 18.0 Å². The van der Waals surface area contributed by atoms with Gasteiger partial charge in [-0.25, -0.2) is 4.21 Å². The molecular formula is C6H13O5S-. The Morgan fingerprint density at radius 3 is 2.33 bits per heavy atom. The number of rotatable bonds is 3. The van der Waals surface area contributed by atoms with Crippen LogP contribution in [-0.4, -0.2) is 25.9 Å². The average molecular weight is 197 g/mol. The van der Waals surface area contributed by atoms with Gasteiger partial charge in [0.25, 0.3) is 0 Å². The monoisotopic (exact) mass is 197 g/mol. The lowest BCUT2D eigenvalue weighted by Gasteiger charge is -1.96. The summed E-state index contributed by atoms with van der Waals surface area (Å²) in [6, 6.07) is 0. The molecule has 0 aromatic carbocycles. The van der Waals surface area contributed by atoms with Crippen molar-refractivity contribution in [3.8, 4) is 0 Å². The van der Waals surface area contributed by atoms with Gasteiger partial charge < -0.3 is 13.8 Å². The Hall–Kier alpha value is -0.460. The molecule has 74 valence electrons. The Bertz CT molecular complexity index is 132. The third kappa shape index (κ3) is 33.8. The van der Waals surface area contributed by atoms with Gasteiger partial charge in [0.15, 0.2) is 0 Å². The molecule has 0 saturated carbocycles. The minimum Gasteiger partial charge on any atom is -0.750 e. The Morgan fingerprint density at radius 2 is 2.08 bits per heavy atom. The molecule has 0 amide bonds. The minimum atomic E-state index is -2.86. The van der Waals surface area contributed by atoms with Crippen LogP contribution in [0.3, 0.4) is 0 Å². The maximum absolute atomic E-state index is 10.1. The summed E-state index contributed by atoms with van der Waals surface area (Å²) in [6.45, 7) is 4.06. The zero-order valence-corrected chi connectivity index (χ0v) is 7.93. The predicted octanol–water partition coefficient (Wildman–Crippen LogP) is 0.688.